The summed E-state index contributed by atoms with van der Waals surface area (Å²) < 4.78 is 26.9. The highest BCUT2D eigenvalue weighted by Crippen LogP contribution is 2.41. The average molecular weight is 925 g/mol. The molecule has 16 atom stereocenters. The van der Waals surface area contributed by atoms with Gasteiger partial charge in [0, 0.05) is 19.3 Å². The lowest BCUT2D eigenvalue weighted by Gasteiger charge is -2.31. The molecule has 0 bridgehead atoms. The number of aryl methyl sites for hydroxylation is 1. The monoisotopic (exact) mass is 924 g/mol. The van der Waals surface area contributed by atoms with Crippen molar-refractivity contribution in [1.29, 1.82) is 0 Å². The predicted molar refractivity (Wildman–Crippen MR) is 214 cm³/mol. The summed E-state index contributed by atoms with van der Waals surface area (Å²) >= 11 is 0. The normalized spacial score (nSPS) is 19.6. The summed E-state index contributed by atoms with van der Waals surface area (Å²) in [5, 5.41) is 155. The Morgan fingerprint density at radius 2 is 1.14 bits per heavy atom. The van der Waals surface area contributed by atoms with Crippen LogP contribution in [0.15, 0.2) is 18.2 Å². The van der Waals surface area contributed by atoms with Crippen molar-refractivity contribution in [3.63, 3.8) is 0 Å². The van der Waals surface area contributed by atoms with Crippen molar-refractivity contribution in [2.24, 2.45) is 0 Å². The number of hydrogen-bond acceptors (Lipinski definition) is 24. The highest BCUT2D eigenvalue weighted by Gasteiger charge is 2.37. The third kappa shape index (κ3) is 15.3. The first kappa shape index (κ1) is 56.2. The number of benzene rings is 2. The van der Waals surface area contributed by atoms with Crippen LogP contribution >= 0.6 is 0 Å². The van der Waals surface area contributed by atoms with Gasteiger partial charge in [0.25, 0.3) is 0 Å². The van der Waals surface area contributed by atoms with Crippen LogP contribution in [0, 0.1) is 6.92 Å². The van der Waals surface area contributed by atoms with Gasteiger partial charge in [0.05, 0.1) is 43.5 Å². The number of aliphatic hydroxyl groups is 14. The van der Waals surface area contributed by atoms with Crippen LogP contribution in [0.2, 0.25) is 0 Å². The summed E-state index contributed by atoms with van der Waals surface area (Å²) in [5.41, 5.74) is 0.488. The molecule has 0 radical (unpaired) electrons. The van der Waals surface area contributed by atoms with Crippen molar-refractivity contribution in [2.45, 2.75) is 124 Å². The van der Waals surface area contributed by atoms with Crippen LogP contribution in [-0.4, -0.2) is 239 Å². The molecule has 0 aliphatic rings. The van der Waals surface area contributed by atoms with Crippen molar-refractivity contribution in [3.8, 4) is 17.2 Å². The standard InChI is InChI=1S/C40H60O24/c1-17-8-19-9-20(60-3)10-28(31(19)40(59)30(17)18(2)44)63-15-25(49)37(56)35(54)24(48)14-61-6-5-27(62-7-4-21(45)32(51)33(52)22(46)11-41)38(57)39(58)29(13-43)64-16-26(50)36(55)34(53)23(47)12-42/h8-13,21-27,29,32-39,45-59H,4-7,14-16H2,1-3H3. The van der Waals surface area contributed by atoms with Gasteiger partial charge in [0.15, 0.2) is 24.6 Å². The van der Waals surface area contributed by atoms with Crippen LogP contribution in [0.3, 0.4) is 0 Å². The summed E-state index contributed by atoms with van der Waals surface area (Å²) in [6, 6.07) is 4.52. The van der Waals surface area contributed by atoms with E-state index in [4.69, 9.17) is 23.7 Å². The summed E-state index contributed by atoms with van der Waals surface area (Å²) in [6.07, 6.45) is -33.5. The number of hydrogen-bond donors (Lipinski definition) is 15. The maximum Gasteiger partial charge on any atom is 0.163 e. The van der Waals surface area contributed by atoms with E-state index in [1.54, 1.807) is 19.1 Å². The van der Waals surface area contributed by atoms with Crippen LogP contribution < -0.4 is 9.47 Å². The smallest absolute Gasteiger partial charge is 0.163 e. The number of phenols is 1. The Kier molecular flexibility index (Phi) is 23.6. The van der Waals surface area contributed by atoms with Gasteiger partial charge in [-0.1, -0.05) is 6.07 Å². The minimum atomic E-state index is -2.19. The van der Waals surface area contributed by atoms with E-state index in [9.17, 15) is 95.8 Å². The topological polar surface area (TPSA) is 418 Å². The molecule has 364 valence electrons. The Morgan fingerprint density at radius 1 is 0.609 bits per heavy atom. The van der Waals surface area contributed by atoms with E-state index in [0.717, 1.165) is 0 Å². The van der Waals surface area contributed by atoms with E-state index in [2.05, 4.69) is 0 Å². The fourth-order valence-electron chi connectivity index (χ4n) is 6.33. The number of ether oxygens (including phenoxy) is 5. The molecule has 24 nitrogen and oxygen atoms in total. The number of ketones is 1. The minimum absolute atomic E-state index is 0.0203. The third-order valence-corrected chi connectivity index (χ3v) is 10.2. The number of rotatable bonds is 32. The number of aromatic hydroxyl groups is 1. The number of methoxy groups -OCH3 is 1. The lowest BCUT2D eigenvalue weighted by Crippen LogP contribution is -2.50. The highest BCUT2D eigenvalue weighted by atomic mass is 16.5. The number of aldehydes is 3. The molecule has 15 N–H and O–H groups in total. The van der Waals surface area contributed by atoms with Crippen molar-refractivity contribution in [2.75, 3.05) is 40.1 Å². The maximum absolute atomic E-state index is 12.2. The number of fused-ring (bicyclic) bond motifs is 1. The molecule has 0 spiro atoms. The first-order valence-corrected chi connectivity index (χ1v) is 19.8. The van der Waals surface area contributed by atoms with Gasteiger partial charge < -0.3 is 115 Å². The van der Waals surface area contributed by atoms with Gasteiger partial charge in [0.2, 0.25) is 0 Å². The van der Waals surface area contributed by atoms with Gasteiger partial charge in [-0.25, -0.2) is 0 Å². The summed E-state index contributed by atoms with van der Waals surface area (Å²) in [7, 11) is 1.36. The maximum atomic E-state index is 12.2. The molecule has 2 aromatic carbocycles. The van der Waals surface area contributed by atoms with E-state index >= 15 is 0 Å². The lowest BCUT2D eigenvalue weighted by molar-refractivity contribution is -0.168. The van der Waals surface area contributed by atoms with E-state index in [0.29, 0.717) is 10.9 Å². The zero-order valence-electron chi connectivity index (χ0n) is 35.0. The highest BCUT2D eigenvalue weighted by molar-refractivity contribution is 6.07. The van der Waals surface area contributed by atoms with Gasteiger partial charge in [0.1, 0.15) is 109 Å². The van der Waals surface area contributed by atoms with Gasteiger partial charge in [-0.3, -0.25) is 4.79 Å². The molecule has 0 fully saturated rings. The Morgan fingerprint density at radius 3 is 1.67 bits per heavy atom. The number of phenolic OH excluding ortho intramolecular Hbond substituents is 1. The molecule has 64 heavy (non-hydrogen) atoms. The second kappa shape index (κ2) is 26.9. The minimum Gasteiger partial charge on any atom is -0.506 e. The van der Waals surface area contributed by atoms with E-state index in [1.165, 1.54) is 20.1 Å². The van der Waals surface area contributed by atoms with Gasteiger partial charge in [-0.05, 0) is 43.7 Å². The Bertz CT molecular complexity index is 1760. The fourth-order valence-corrected chi connectivity index (χ4v) is 6.33. The second-order valence-corrected chi connectivity index (χ2v) is 15.0. The molecule has 0 aliphatic carbocycles. The third-order valence-electron chi connectivity index (χ3n) is 10.2. The molecular formula is C40H60O24. The Hall–Kier alpha value is -3.90. The molecule has 0 aromatic heterocycles. The summed E-state index contributed by atoms with van der Waals surface area (Å²) in [6.45, 7) is -0.656. The van der Waals surface area contributed by atoms with Gasteiger partial charge in [-0.2, -0.15) is 0 Å². The van der Waals surface area contributed by atoms with Gasteiger partial charge >= 0.3 is 0 Å². The molecule has 24 heteroatoms. The van der Waals surface area contributed by atoms with Crippen molar-refractivity contribution in [3.05, 3.63) is 29.3 Å². The molecule has 0 saturated carbocycles. The number of carbonyl (C=O) groups excluding carboxylic acids is 4. The van der Waals surface area contributed by atoms with Gasteiger partial charge in [-0.15, -0.1) is 0 Å². The molecule has 0 aliphatic heterocycles. The van der Waals surface area contributed by atoms with E-state index < -0.39 is 155 Å². The van der Waals surface area contributed by atoms with E-state index in [1.807, 2.05) is 0 Å². The van der Waals surface area contributed by atoms with Crippen LogP contribution in [0.4, 0.5) is 0 Å². The molecule has 2 aromatic rings. The summed E-state index contributed by atoms with van der Waals surface area (Å²) in [5.74, 6) is -0.621. The molecule has 0 saturated heterocycles. The van der Waals surface area contributed by atoms with Crippen molar-refractivity contribution >= 4 is 35.4 Å². The largest absolute Gasteiger partial charge is 0.506 e. The number of aliphatic hydroxyl groups excluding tert-OH is 14. The van der Waals surface area contributed by atoms with Crippen LogP contribution in [0.5, 0.6) is 17.2 Å². The predicted octanol–water partition coefficient (Wildman–Crippen LogP) is -6.34. The molecule has 0 heterocycles. The average Bonchev–Trinajstić information content (AvgIpc) is 3.28. The first-order valence-electron chi connectivity index (χ1n) is 19.8. The summed E-state index contributed by atoms with van der Waals surface area (Å²) in [4.78, 5) is 45.5. The Labute approximate surface area is 365 Å². The van der Waals surface area contributed by atoms with Crippen molar-refractivity contribution < 1.29 is 119 Å². The SMILES string of the molecule is COc1cc(OCC(O)C(O)C(O)C(O)COCCC(OCCC(O)C(O)C(O)C(O)C=O)C(O)C(O)C(C=O)OCC(O)C(O)C(O)C(O)C=O)c2c(O)c(C(C)=O)c(C)cc2c1. The first-order chi connectivity index (χ1) is 30.1. The number of Topliss-reactive ketones (excluding diaryl/α,β-unsaturated/α-hetero) is 1. The molecular weight excluding hydrogens is 864 g/mol. The zero-order valence-corrected chi connectivity index (χ0v) is 35.0. The quantitative estimate of drug-likeness (QED) is 0.0184. The zero-order chi connectivity index (χ0) is 48.6. The van der Waals surface area contributed by atoms with Crippen LogP contribution in [-0.2, 0) is 28.6 Å². The van der Waals surface area contributed by atoms with Crippen molar-refractivity contribution in [1.82, 2.24) is 0 Å². The van der Waals surface area contributed by atoms with E-state index in [-0.39, 0.29) is 41.3 Å². The molecule has 16 unspecified atom stereocenters. The van der Waals surface area contributed by atoms with Crippen LogP contribution in [0.1, 0.15) is 35.7 Å². The number of carbonyl (C=O) groups is 4. The fraction of sp³-hybridized carbons (Fsp3) is 0.650. The lowest BCUT2D eigenvalue weighted by atomic mass is 9.97. The Balaban J connectivity index is 2.12. The molecule has 0 amide bonds. The van der Waals surface area contributed by atoms with Crippen LogP contribution in [0.25, 0.3) is 10.8 Å². The molecule has 2 rings (SSSR count). The second-order valence-electron chi connectivity index (χ2n) is 15.0.